The minimum absolute atomic E-state index is 0.0658. The fourth-order valence-corrected chi connectivity index (χ4v) is 2.22. The van der Waals surface area contributed by atoms with Crippen molar-refractivity contribution in [1.29, 1.82) is 0 Å². The Morgan fingerprint density at radius 3 is 2.07 bits per heavy atom. The molecule has 0 heterocycles. The van der Waals surface area contributed by atoms with Crippen molar-refractivity contribution >= 4 is 10.2 Å². The summed E-state index contributed by atoms with van der Waals surface area (Å²) in [7, 11) is 5.92. The van der Waals surface area contributed by atoms with Gasteiger partial charge in [0.15, 0.2) is 5.41 Å². The first-order valence-corrected chi connectivity index (χ1v) is 6.77. The highest BCUT2D eigenvalue weighted by atomic mass is 28.1. The van der Waals surface area contributed by atoms with Gasteiger partial charge >= 0.3 is 0 Å². The molecule has 0 bridgehead atoms. The predicted molar refractivity (Wildman–Crippen MR) is 66.2 cm³/mol. The van der Waals surface area contributed by atoms with Gasteiger partial charge in [0.25, 0.3) is 0 Å². The largest absolute Gasteiger partial charge is 0.376 e. The van der Waals surface area contributed by atoms with E-state index in [4.69, 9.17) is 14.2 Å². The Morgan fingerprint density at radius 2 is 1.67 bits per heavy atom. The zero-order chi connectivity index (χ0) is 11.7. The first kappa shape index (κ1) is 15.1. The molecule has 0 aromatic carbocycles. The van der Waals surface area contributed by atoms with E-state index in [0.29, 0.717) is 0 Å². The van der Waals surface area contributed by atoms with E-state index in [9.17, 15) is 0 Å². The van der Waals surface area contributed by atoms with E-state index in [-0.39, 0.29) is 6.10 Å². The van der Waals surface area contributed by atoms with Crippen LogP contribution in [0.1, 0.15) is 39.0 Å². The molecule has 0 spiro atoms. The van der Waals surface area contributed by atoms with Crippen molar-refractivity contribution in [2.24, 2.45) is 0 Å². The molecule has 0 aliphatic rings. The van der Waals surface area contributed by atoms with Crippen LogP contribution in [-0.2, 0) is 14.2 Å². The third kappa shape index (κ3) is 5.11. The predicted octanol–water partition coefficient (Wildman–Crippen LogP) is 1.28. The third-order valence-electron chi connectivity index (χ3n) is 3.00. The number of methoxy groups -OCH3 is 3. The van der Waals surface area contributed by atoms with Crippen molar-refractivity contribution in [3.8, 4) is 0 Å². The molecule has 0 rings (SSSR count). The second-order valence-corrected chi connectivity index (χ2v) is 5.39. The van der Waals surface area contributed by atoms with Crippen LogP contribution in [0.5, 0.6) is 0 Å². The summed E-state index contributed by atoms with van der Waals surface area (Å²) in [6.07, 6.45) is 6.09. The Kier molecular flexibility index (Phi) is 8.33. The minimum atomic E-state index is -0.485. The molecule has 4 heteroatoms. The molecule has 0 fully saturated rings. The summed E-state index contributed by atoms with van der Waals surface area (Å²) in [5, 5.41) is 0. The fraction of sp³-hybridized carbons (Fsp3) is 1.00. The van der Waals surface area contributed by atoms with Crippen LogP contribution in [0.2, 0.25) is 0 Å². The standard InChI is InChI=1S/C11H26O3Si/c1-5-6-7-8-9-10(12-2)11(15,13-3)14-4/h10H,5-9H2,1-4,15H3/t10-/m1/s1. The molecule has 0 N–H and O–H groups in total. The molecule has 1 atom stereocenters. The van der Waals surface area contributed by atoms with Gasteiger partial charge in [0.2, 0.25) is 0 Å². The molecular formula is C11H26O3Si. The van der Waals surface area contributed by atoms with Gasteiger partial charge in [0.1, 0.15) is 6.10 Å². The lowest BCUT2D eigenvalue weighted by atomic mass is 10.1. The van der Waals surface area contributed by atoms with Gasteiger partial charge in [-0.05, 0) is 6.42 Å². The van der Waals surface area contributed by atoms with Crippen LogP contribution < -0.4 is 0 Å². The average Bonchev–Trinajstić information content (AvgIpc) is 2.28. The van der Waals surface area contributed by atoms with Crippen molar-refractivity contribution < 1.29 is 14.2 Å². The van der Waals surface area contributed by atoms with E-state index >= 15 is 0 Å². The van der Waals surface area contributed by atoms with E-state index in [1.807, 2.05) is 0 Å². The summed E-state index contributed by atoms with van der Waals surface area (Å²) >= 11 is 0. The molecule has 0 unspecified atom stereocenters. The maximum atomic E-state index is 5.46. The highest BCUT2D eigenvalue weighted by Crippen LogP contribution is 2.20. The van der Waals surface area contributed by atoms with Gasteiger partial charge in [0, 0.05) is 21.3 Å². The zero-order valence-electron chi connectivity index (χ0n) is 10.8. The van der Waals surface area contributed by atoms with Gasteiger partial charge in [0.05, 0.1) is 10.2 Å². The SMILES string of the molecule is CCCCCC[C@@H](OC)C([SiH3])(OC)OC. The zero-order valence-corrected chi connectivity index (χ0v) is 12.8. The van der Waals surface area contributed by atoms with E-state index in [2.05, 4.69) is 6.92 Å². The van der Waals surface area contributed by atoms with Crippen molar-refractivity contribution in [2.75, 3.05) is 21.3 Å². The molecule has 92 valence electrons. The van der Waals surface area contributed by atoms with Crippen molar-refractivity contribution in [2.45, 2.75) is 50.5 Å². The monoisotopic (exact) mass is 234 g/mol. The van der Waals surface area contributed by atoms with Gasteiger partial charge < -0.3 is 14.2 Å². The summed E-state index contributed by atoms with van der Waals surface area (Å²) in [5.41, 5.74) is -0.485. The number of hydrogen-bond donors (Lipinski definition) is 0. The lowest BCUT2D eigenvalue weighted by Gasteiger charge is -2.34. The van der Waals surface area contributed by atoms with Gasteiger partial charge in [-0.25, -0.2) is 0 Å². The molecule has 3 nitrogen and oxygen atoms in total. The molecule has 0 saturated heterocycles. The highest BCUT2D eigenvalue weighted by molar-refractivity contribution is 6.13. The second-order valence-electron chi connectivity index (χ2n) is 4.00. The normalized spacial score (nSPS) is 14.4. The van der Waals surface area contributed by atoms with Crippen LogP contribution in [0.25, 0.3) is 0 Å². The van der Waals surface area contributed by atoms with Crippen LogP contribution in [0, 0.1) is 0 Å². The van der Waals surface area contributed by atoms with Crippen LogP contribution in [0.15, 0.2) is 0 Å². The number of hydrogen-bond acceptors (Lipinski definition) is 3. The topological polar surface area (TPSA) is 27.7 Å². The molecule has 0 aliphatic carbocycles. The summed E-state index contributed by atoms with van der Waals surface area (Å²) in [6, 6.07) is 0. The van der Waals surface area contributed by atoms with E-state index < -0.39 is 5.41 Å². The second kappa shape index (κ2) is 8.27. The molecule has 0 saturated carbocycles. The molecule has 0 radical (unpaired) electrons. The smallest absolute Gasteiger partial charge is 0.165 e. The highest BCUT2D eigenvalue weighted by Gasteiger charge is 2.33. The Labute approximate surface area is 96.9 Å². The van der Waals surface area contributed by atoms with Crippen LogP contribution in [-0.4, -0.2) is 43.1 Å². The summed E-state index contributed by atoms with van der Waals surface area (Å²) < 4.78 is 16.3. The molecule has 0 aliphatic heterocycles. The molecular weight excluding hydrogens is 208 g/mol. The van der Waals surface area contributed by atoms with Gasteiger partial charge in [-0.2, -0.15) is 0 Å². The van der Waals surface area contributed by atoms with Crippen molar-refractivity contribution in [3.05, 3.63) is 0 Å². The van der Waals surface area contributed by atoms with E-state index in [1.54, 1.807) is 21.3 Å². The Hall–Kier alpha value is 0.0969. The first-order chi connectivity index (χ1) is 7.14. The van der Waals surface area contributed by atoms with Crippen LogP contribution in [0.3, 0.4) is 0 Å². The van der Waals surface area contributed by atoms with E-state index in [0.717, 1.165) is 16.7 Å². The molecule has 15 heavy (non-hydrogen) atoms. The lowest BCUT2D eigenvalue weighted by molar-refractivity contribution is -0.209. The Morgan fingerprint density at radius 1 is 1.07 bits per heavy atom. The van der Waals surface area contributed by atoms with Crippen molar-refractivity contribution in [3.63, 3.8) is 0 Å². The van der Waals surface area contributed by atoms with Crippen LogP contribution >= 0.6 is 0 Å². The molecule has 0 amide bonds. The first-order valence-electron chi connectivity index (χ1n) is 5.77. The molecule has 0 aromatic rings. The van der Waals surface area contributed by atoms with Gasteiger partial charge in [-0.1, -0.05) is 32.6 Å². The fourth-order valence-electron chi connectivity index (χ4n) is 1.70. The number of rotatable bonds is 9. The minimum Gasteiger partial charge on any atom is -0.376 e. The number of unbranched alkanes of at least 4 members (excludes halogenated alkanes) is 3. The van der Waals surface area contributed by atoms with Gasteiger partial charge in [-0.15, -0.1) is 0 Å². The summed E-state index contributed by atoms with van der Waals surface area (Å²) in [4.78, 5) is 0. The molecule has 0 aromatic heterocycles. The third-order valence-corrected chi connectivity index (χ3v) is 4.46. The maximum Gasteiger partial charge on any atom is 0.165 e. The maximum absolute atomic E-state index is 5.46. The van der Waals surface area contributed by atoms with Gasteiger partial charge in [-0.3, -0.25) is 0 Å². The average molecular weight is 234 g/mol. The van der Waals surface area contributed by atoms with Crippen molar-refractivity contribution in [1.82, 2.24) is 0 Å². The summed E-state index contributed by atoms with van der Waals surface area (Å²) in [6.45, 7) is 2.22. The Balaban J connectivity index is 3.99. The number of ether oxygens (including phenoxy) is 3. The Bertz CT molecular complexity index is 149. The van der Waals surface area contributed by atoms with E-state index in [1.165, 1.54) is 25.7 Å². The van der Waals surface area contributed by atoms with Crippen LogP contribution in [0.4, 0.5) is 0 Å². The quantitative estimate of drug-likeness (QED) is 0.342. The summed E-state index contributed by atoms with van der Waals surface area (Å²) in [5.74, 6) is 0. The lowest BCUT2D eigenvalue weighted by Crippen LogP contribution is -2.47.